The molecule has 1 aliphatic heterocycles. The van der Waals surface area contributed by atoms with E-state index in [1.54, 1.807) is 6.92 Å². The SMILES string of the molecule is CCCCc1ccc(NC(=O)CN2C(=O)N[C@@](C)(CCc3ccccc3)C2=O)cc1. The van der Waals surface area contributed by atoms with Gasteiger partial charge >= 0.3 is 6.03 Å². The zero-order valence-corrected chi connectivity index (χ0v) is 17.6. The maximum Gasteiger partial charge on any atom is 0.325 e. The van der Waals surface area contributed by atoms with Crippen LogP contribution in [0.2, 0.25) is 0 Å². The number of imide groups is 1. The number of nitrogens with zero attached hydrogens (tertiary/aromatic N) is 1. The molecule has 0 radical (unpaired) electrons. The molecule has 158 valence electrons. The van der Waals surface area contributed by atoms with Crippen LogP contribution in [0.4, 0.5) is 10.5 Å². The largest absolute Gasteiger partial charge is 0.325 e. The van der Waals surface area contributed by atoms with Crippen LogP contribution < -0.4 is 10.6 Å². The van der Waals surface area contributed by atoms with Crippen molar-refractivity contribution in [3.05, 3.63) is 65.7 Å². The molecule has 0 bridgehead atoms. The van der Waals surface area contributed by atoms with Crippen molar-refractivity contribution in [2.45, 2.75) is 51.5 Å². The van der Waals surface area contributed by atoms with Crippen LogP contribution in [0.15, 0.2) is 54.6 Å². The summed E-state index contributed by atoms with van der Waals surface area (Å²) in [5, 5.41) is 5.52. The van der Waals surface area contributed by atoms with Crippen molar-refractivity contribution in [2.75, 3.05) is 11.9 Å². The lowest BCUT2D eigenvalue weighted by atomic mass is 9.93. The number of benzene rings is 2. The standard InChI is InChI=1S/C24H29N3O3/c1-3-4-8-19-11-13-20(14-12-19)25-21(28)17-27-22(29)24(2,26-23(27)30)16-15-18-9-6-5-7-10-18/h5-7,9-14H,3-4,8,15-17H2,1-2H3,(H,25,28)(H,26,30)/t24-/m0/s1. The van der Waals surface area contributed by atoms with Gasteiger partial charge in [0.15, 0.2) is 0 Å². The molecule has 2 aromatic carbocycles. The molecular formula is C24H29N3O3. The smallest absolute Gasteiger partial charge is 0.325 e. The molecule has 0 spiro atoms. The summed E-state index contributed by atoms with van der Waals surface area (Å²) in [6, 6.07) is 16.9. The number of anilines is 1. The Morgan fingerprint density at radius 1 is 1.00 bits per heavy atom. The molecule has 0 unspecified atom stereocenters. The van der Waals surface area contributed by atoms with Crippen LogP contribution >= 0.6 is 0 Å². The van der Waals surface area contributed by atoms with E-state index in [9.17, 15) is 14.4 Å². The summed E-state index contributed by atoms with van der Waals surface area (Å²) in [5.74, 6) is -0.763. The molecule has 1 saturated heterocycles. The molecule has 6 heteroatoms. The number of urea groups is 1. The average Bonchev–Trinajstić information content (AvgIpc) is 2.96. The minimum absolute atomic E-state index is 0.302. The molecule has 6 nitrogen and oxygen atoms in total. The van der Waals surface area contributed by atoms with Gasteiger partial charge in [-0.1, -0.05) is 55.8 Å². The molecule has 1 atom stereocenters. The molecule has 1 heterocycles. The van der Waals surface area contributed by atoms with E-state index >= 15 is 0 Å². The van der Waals surface area contributed by atoms with Crippen molar-refractivity contribution < 1.29 is 14.4 Å². The average molecular weight is 408 g/mol. The molecule has 30 heavy (non-hydrogen) atoms. The van der Waals surface area contributed by atoms with E-state index < -0.39 is 17.5 Å². The Balaban J connectivity index is 1.56. The van der Waals surface area contributed by atoms with Gasteiger partial charge in [-0.15, -0.1) is 0 Å². The summed E-state index contributed by atoms with van der Waals surface area (Å²) in [6.45, 7) is 3.56. The first-order chi connectivity index (χ1) is 14.4. The third-order valence-corrected chi connectivity index (χ3v) is 5.46. The van der Waals surface area contributed by atoms with Crippen molar-refractivity contribution in [2.24, 2.45) is 0 Å². The maximum atomic E-state index is 12.9. The fraction of sp³-hybridized carbons (Fsp3) is 0.375. The second-order valence-corrected chi connectivity index (χ2v) is 7.99. The second kappa shape index (κ2) is 9.57. The Bertz CT molecular complexity index is 896. The van der Waals surface area contributed by atoms with Gasteiger partial charge in [0.1, 0.15) is 12.1 Å². The maximum absolute atomic E-state index is 12.9. The van der Waals surface area contributed by atoms with E-state index in [1.165, 1.54) is 5.56 Å². The number of hydrogen-bond donors (Lipinski definition) is 2. The normalized spacial score (nSPS) is 18.4. The summed E-state index contributed by atoms with van der Waals surface area (Å²) in [4.78, 5) is 38.6. The molecule has 2 N–H and O–H groups in total. The fourth-order valence-corrected chi connectivity index (χ4v) is 3.58. The van der Waals surface area contributed by atoms with E-state index in [-0.39, 0.29) is 12.5 Å². The quantitative estimate of drug-likeness (QED) is 0.619. The van der Waals surface area contributed by atoms with Crippen LogP contribution in [0.25, 0.3) is 0 Å². The van der Waals surface area contributed by atoms with Gasteiger partial charge in [0.2, 0.25) is 5.91 Å². The third-order valence-electron chi connectivity index (χ3n) is 5.46. The number of rotatable bonds is 9. The summed E-state index contributed by atoms with van der Waals surface area (Å²) >= 11 is 0. The van der Waals surface area contributed by atoms with Gasteiger partial charge in [0, 0.05) is 5.69 Å². The van der Waals surface area contributed by atoms with E-state index in [2.05, 4.69) is 17.6 Å². The molecule has 0 aromatic heterocycles. The zero-order valence-electron chi connectivity index (χ0n) is 17.6. The lowest BCUT2D eigenvalue weighted by Gasteiger charge is -2.21. The van der Waals surface area contributed by atoms with E-state index in [4.69, 9.17) is 0 Å². The predicted molar refractivity (Wildman–Crippen MR) is 117 cm³/mol. The fourth-order valence-electron chi connectivity index (χ4n) is 3.58. The number of carbonyl (C=O) groups is 3. The number of aryl methyl sites for hydroxylation is 2. The summed E-state index contributed by atoms with van der Waals surface area (Å²) in [7, 11) is 0. The first-order valence-corrected chi connectivity index (χ1v) is 10.5. The molecule has 3 rings (SSSR count). The van der Waals surface area contributed by atoms with Crippen LogP contribution in [0.1, 0.15) is 44.2 Å². The number of carbonyl (C=O) groups excluding carboxylic acids is 3. The molecule has 1 aliphatic rings. The van der Waals surface area contributed by atoms with Gasteiger partial charge in [0.05, 0.1) is 0 Å². The highest BCUT2D eigenvalue weighted by atomic mass is 16.2. The van der Waals surface area contributed by atoms with Crippen LogP contribution in [-0.4, -0.2) is 34.8 Å². The highest BCUT2D eigenvalue weighted by molar-refractivity contribution is 6.09. The van der Waals surface area contributed by atoms with Crippen molar-refractivity contribution in [3.63, 3.8) is 0 Å². The van der Waals surface area contributed by atoms with Crippen LogP contribution in [0.3, 0.4) is 0 Å². The van der Waals surface area contributed by atoms with Gasteiger partial charge in [-0.3, -0.25) is 14.5 Å². The van der Waals surface area contributed by atoms with Gasteiger partial charge in [-0.05, 0) is 55.9 Å². The summed E-state index contributed by atoms with van der Waals surface area (Å²) in [6.07, 6.45) is 4.40. The van der Waals surface area contributed by atoms with Crippen molar-refractivity contribution in [1.82, 2.24) is 10.2 Å². The Kier molecular flexibility index (Phi) is 6.87. The molecule has 0 aliphatic carbocycles. The minimum atomic E-state index is -1.01. The van der Waals surface area contributed by atoms with Crippen molar-refractivity contribution in [1.29, 1.82) is 0 Å². The minimum Gasteiger partial charge on any atom is -0.325 e. The number of amides is 4. The van der Waals surface area contributed by atoms with Gasteiger partial charge in [-0.2, -0.15) is 0 Å². The topological polar surface area (TPSA) is 78.5 Å². The van der Waals surface area contributed by atoms with Crippen LogP contribution in [0.5, 0.6) is 0 Å². The van der Waals surface area contributed by atoms with E-state index in [0.29, 0.717) is 18.5 Å². The second-order valence-electron chi connectivity index (χ2n) is 7.99. The molecule has 2 aromatic rings. The van der Waals surface area contributed by atoms with Gasteiger partial charge in [0.25, 0.3) is 5.91 Å². The zero-order chi connectivity index (χ0) is 21.6. The number of unbranched alkanes of at least 4 members (excludes halogenated alkanes) is 1. The highest BCUT2D eigenvalue weighted by Crippen LogP contribution is 2.23. The lowest BCUT2D eigenvalue weighted by molar-refractivity contribution is -0.133. The summed E-state index contributed by atoms with van der Waals surface area (Å²) < 4.78 is 0. The Hall–Kier alpha value is -3.15. The molecule has 0 saturated carbocycles. The van der Waals surface area contributed by atoms with Gasteiger partial charge < -0.3 is 10.6 Å². The predicted octanol–water partition coefficient (Wildman–Crippen LogP) is 3.91. The monoisotopic (exact) mass is 407 g/mol. The van der Waals surface area contributed by atoms with Crippen LogP contribution in [-0.2, 0) is 22.4 Å². The first kappa shape index (κ1) is 21.6. The lowest BCUT2D eigenvalue weighted by Crippen LogP contribution is -2.45. The van der Waals surface area contributed by atoms with E-state index in [1.807, 2.05) is 54.6 Å². The number of nitrogens with one attached hydrogen (secondary N) is 2. The summed E-state index contributed by atoms with van der Waals surface area (Å²) in [5.41, 5.74) is 1.96. The Morgan fingerprint density at radius 2 is 1.67 bits per heavy atom. The first-order valence-electron chi connectivity index (χ1n) is 10.5. The van der Waals surface area contributed by atoms with E-state index in [0.717, 1.165) is 29.7 Å². The Morgan fingerprint density at radius 3 is 2.33 bits per heavy atom. The van der Waals surface area contributed by atoms with Crippen molar-refractivity contribution >= 4 is 23.5 Å². The van der Waals surface area contributed by atoms with Crippen LogP contribution in [0, 0.1) is 0 Å². The van der Waals surface area contributed by atoms with Crippen molar-refractivity contribution in [3.8, 4) is 0 Å². The third kappa shape index (κ3) is 5.26. The number of hydrogen-bond acceptors (Lipinski definition) is 3. The van der Waals surface area contributed by atoms with Gasteiger partial charge in [-0.25, -0.2) is 4.79 Å². The molecular weight excluding hydrogens is 378 g/mol. The molecule has 4 amide bonds. The Labute approximate surface area is 177 Å². The molecule has 1 fully saturated rings. The highest BCUT2D eigenvalue weighted by Gasteiger charge is 2.47.